The predicted molar refractivity (Wildman–Crippen MR) is 185 cm³/mol. The van der Waals surface area contributed by atoms with Gasteiger partial charge in [-0.05, 0) is 122 Å². The lowest BCUT2D eigenvalue weighted by molar-refractivity contribution is 0.0843. The zero-order chi connectivity index (χ0) is 30.8. The first-order chi connectivity index (χ1) is 21.7. The number of nitrogens with zero attached hydrogens (tertiary/aromatic N) is 2. The molecule has 2 aliphatic heterocycles. The molecule has 0 bridgehead atoms. The van der Waals surface area contributed by atoms with E-state index in [0.717, 1.165) is 70.5 Å². The third kappa shape index (κ3) is 5.29. The average molecular weight is 609 g/mol. The quantitative estimate of drug-likeness (QED) is 0.200. The van der Waals surface area contributed by atoms with Crippen LogP contribution in [0.5, 0.6) is 11.5 Å². The van der Waals surface area contributed by atoms with Crippen molar-refractivity contribution in [2.45, 2.75) is 64.6 Å². The van der Waals surface area contributed by atoms with Crippen LogP contribution in [0.3, 0.4) is 0 Å². The van der Waals surface area contributed by atoms with Crippen LogP contribution < -0.4 is 9.47 Å². The van der Waals surface area contributed by atoms with Crippen molar-refractivity contribution in [3.05, 3.63) is 108 Å². The smallest absolute Gasteiger partial charge is 0.123 e. The van der Waals surface area contributed by atoms with E-state index in [1.807, 2.05) is 0 Å². The number of fused-ring (bicyclic) bond motifs is 3. The van der Waals surface area contributed by atoms with Crippen LogP contribution in [-0.4, -0.2) is 19.9 Å². The van der Waals surface area contributed by atoms with E-state index in [4.69, 9.17) is 18.2 Å². The van der Waals surface area contributed by atoms with E-state index >= 15 is 0 Å². The summed E-state index contributed by atoms with van der Waals surface area (Å²) in [5.41, 5.74) is 13.6. The van der Waals surface area contributed by atoms with Gasteiger partial charge < -0.3 is 9.47 Å². The lowest BCUT2D eigenvalue weighted by atomic mass is 9.91. The molecule has 2 aliphatic rings. The summed E-state index contributed by atoms with van der Waals surface area (Å²) in [5, 5.41) is 0. The highest BCUT2D eigenvalue weighted by Crippen LogP contribution is 2.39. The number of rotatable bonds is 4. The Morgan fingerprint density at radius 3 is 1.29 bits per heavy atom. The fourth-order valence-corrected chi connectivity index (χ4v) is 7.27. The fraction of sp³-hybridized carbons (Fsp3) is 0.250. The molecule has 0 aliphatic carbocycles. The Hall–Kier alpha value is -4.48. The first kappa shape index (κ1) is 28.0. The molecule has 4 nitrogen and oxygen atoms in total. The van der Waals surface area contributed by atoms with E-state index in [1.54, 1.807) is 0 Å². The standard InChI is InChI=1S/C40H36N2O2S/c1-39(2)21-19-31-23-29(13-17-35(31)43-39)25-5-9-27(10-6-25)33-15-16-34(38-37(33)41-45-42-38)28-11-7-26(8-12-28)30-14-18-36-32(24-30)20-22-40(3,4)44-36/h5-18,23-24H,19-22H2,1-4H3. The molecular formula is C40H36N2O2S. The van der Waals surface area contributed by atoms with Crippen molar-refractivity contribution < 1.29 is 9.47 Å². The van der Waals surface area contributed by atoms with Gasteiger partial charge in [-0.1, -0.05) is 72.8 Å². The zero-order valence-corrected chi connectivity index (χ0v) is 27.0. The van der Waals surface area contributed by atoms with Crippen molar-refractivity contribution in [3.63, 3.8) is 0 Å². The zero-order valence-electron chi connectivity index (χ0n) is 26.2. The molecule has 45 heavy (non-hydrogen) atoms. The highest BCUT2D eigenvalue weighted by Gasteiger charge is 2.27. The van der Waals surface area contributed by atoms with Crippen LogP contribution in [0.4, 0.5) is 0 Å². The Labute approximate surface area is 269 Å². The van der Waals surface area contributed by atoms with E-state index < -0.39 is 0 Å². The lowest BCUT2D eigenvalue weighted by Crippen LogP contribution is -2.32. The summed E-state index contributed by atoms with van der Waals surface area (Å²) in [4.78, 5) is 0. The monoisotopic (exact) mass is 608 g/mol. The van der Waals surface area contributed by atoms with Crippen molar-refractivity contribution in [2.75, 3.05) is 0 Å². The third-order valence-electron chi connectivity index (χ3n) is 9.36. The van der Waals surface area contributed by atoms with Gasteiger partial charge in [-0.2, -0.15) is 8.75 Å². The minimum atomic E-state index is -0.0963. The second-order valence-corrected chi connectivity index (χ2v) is 14.2. The molecule has 0 radical (unpaired) electrons. The summed E-state index contributed by atoms with van der Waals surface area (Å²) in [5.74, 6) is 2.02. The van der Waals surface area contributed by atoms with Gasteiger partial charge in [0, 0.05) is 11.1 Å². The maximum Gasteiger partial charge on any atom is 0.123 e. The van der Waals surface area contributed by atoms with Gasteiger partial charge in [-0.3, -0.25) is 0 Å². The average Bonchev–Trinajstić information content (AvgIpc) is 3.54. The van der Waals surface area contributed by atoms with Crippen LogP contribution in [0.15, 0.2) is 97.1 Å². The Morgan fingerprint density at radius 1 is 0.489 bits per heavy atom. The van der Waals surface area contributed by atoms with Gasteiger partial charge in [0.1, 0.15) is 33.7 Å². The minimum Gasteiger partial charge on any atom is -0.488 e. The summed E-state index contributed by atoms with van der Waals surface area (Å²) < 4.78 is 21.9. The lowest BCUT2D eigenvalue weighted by Gasteiger charge is -2.32. The number of aromatic nitrogens is 2. The van der Waals surface area contributed by atoms with Crippen molar-refractivity contribution in [1.29, 1.82) is 0 Å². The van der Waals surface area contributed by atoms with Crippen LogP contribution in [-0.2, 0) is 12.8 Å². The number of ether oxygens (including phenoxy) is 2. The minimum absolute atomic E-state index is 0.0963. The van der Waals surface area contributed by atoms with Crippen LogP contribution in [0.25, 0.3) is 55.5 Å². The molecule has 5 aromatic carbocycles. The third-order valence-corrected chi connectivity index (χ3v) is 9.89. The molecule has 1 aromatic heterocycles. The van der Waals surface area contributed by atoms with Crippen molar-refractivity contribution in [3.8, 4) is 56.0 Å². The summed E-state index contributed by atoms with van der Waals surface area (Å²) in [6, 6.07) is 35.1. The van der Waals surface area contributed by atoms with Crippen LogP contribution in [0, 0.1) is 0 Å². The molecule has 8 rings (SSSR count). The predicted octanol–water partition coefficient (Wildman–Crippen LogP) is 10.6. The Kier molecular flexibility index (Phi) is 6.58. The first-order valence-electron chi connectivity index (χ1n) is 15.8. The van der Waals surface area contributed by atoms with Gasteiger partial charge in [0.25, 0.3) is 0 Å². The summed E-state index contributed by atoms with van der Waals surface area (Å²) >= 11 is 1.27. The number of hydrogen-bond acceptors (Lipinski definition) is 5. The summed E-state index contributed by atoms with van der Waals surface area (Å²) in [7, 11) is 0. The van der Waals surface area contributed by atoms with Gasteiger partial charge in [-0.15, -0.1) is 0 Å². The van der Waals surface area contributed by atoms with Gasteiger partial charge in [-0.25, -0.2) is 0 Å². The van der Waals surface area contributed by atoms with Crippen molar-refractivity contribution in [1.82, 2.24) is 8.75 Å². The Morgan fingerprint density at radius 2 is 0.867 bits per heavy atom. The molecule has 0 spiro atoms. The van der Waals surface area contributed by atoms with Gasteiger partial charge >= 0.3 is 0 Å². The number of aryl methyl sites for hydroxylation is 2. The van der Waals surface area contributed by atoms with Crippen LogP contribution in [0.2, 0.25) is 0 Å². The molecule has 0 saturated carbocycles. The van der Waals surface area contributed by atoms with E-state index in [0.29, 0.717) is 0 Å². The molecule has 6 aromatic rings. The number of benzene rings is 5. The molecule has 0 atom stereocenters. The maximum atomic E-state index is 6.20. The van der Waals surface area contributed by atoms with E-state index in [9.17, 15) is 0 Å². The van der Waals surface area contributed by atoms with Gasteiger partial charge in [0.05, 0.1) is 11.7 Å². The normalized spacial score (nSPS) is 16.4. The molecule has 224 valence electrons. The maximum absolute atomic E-state index is 6.20. The van der Waals surface area contributed by atoms with Crippen LogP contribution >= 0.6 is 11.7 Å². The molecular weight excluding hydrogens is 573 g/mol. The van der Waals surface area contributed by atoms with Gasteiger partial charge in [0.15, 0.2) is 0 Å². The number of hydrogen-bond donors (Lipinski definition) is 0. The van der Waals surface area contributed by atoms with Crippen molar-refractivity contribution in [2.24, 2.45) is 0 Å². The second kappa shape index (κ2) is 10.6. The molecule has 0 amide bonds. The molecule has 0 N–H and O–H groups in total. The fourth-order valence-electron chi connectivity index (χ4n) is 6.69. The van der Waals surface area contributed by atoms with Crippen LogP contribution in [0.1, 0.15) is 51.7 Å². The molecule has 0 unspecified atom stereocenters. The molecule has 5 heteroatoms. The summed E-state index contributed by atoms with van der Waals surface area (Å²) in [6.07, 6.45) is 4.15. The van der Waals surface area contributed by atoms with E-state index in [1.165, 1.54) is 45.1 Å². The SMILES string of the molecule is CC1(C)CCc2cc(-c3ccc(-c4ccc(-c5ccc(-c6ccc7c(c6)CCC(C)(C)O7)cc5)c5nsnc45)cc3)ccc2O1. The first-order valence-corrected chi connectivity index (χ1v) is 16.6. The molecule has 3 heterocycles. The van der Waals surface area contributed by atoms with Gasteiger partial charge in [0.2, 0.25) is 0 Å². The molecule has 0 fully saturated rings. The summed E-state index contributed by atoms with van der Waals surface area (Å²) in [6.45, 7) is 8.64. The second-order valence-electron chi connectivity index (χ2n) is 13.6. The highest BCUT2D eigenvalue weighted by molar-refractivity contribution is 7.00. The molecule has 0 saturated heterocycles. The van der Waals surface area contributed by atoms with E-state index in [2.05, 4.69) is 125 Å². The van der Waals surface area contributed by atoms with E-state index in [-0.39, 0.29) is 11.2 Å². The highest BCUT2D eigenvalue weighted by atomic mass is 32.1. The Balaban J connectivity index is 1.05. The van der Waals surface area contributed by atoms with Crippen molar-refractivity contribution >= 4 is 22.8 Å². The Bertz CT molecular complexity index is 1910. The topological polar surface area (TPSA) is 44.2 Å². The largest absolute Gasteiger partial charge is 0.488 e.